The lowest BCUT2D eigenvalue weighted by atomic mass is 9.78. The summed E-state index contributed by atoms with van der Waals surface area (Å²) in [7, 11) is 0. The van der Waals surface area contributed by atoms with Gasteiger partial charge in [0, 0.05) is 13.1 Å². The van der Waals surface area contributed by atoms with Gasteiger partial charge >= 0.3 is 0 Å². The van der Waals surface area contributed by atoms with Crippen LogP contribution < -0.4 is 10.6 Å². The fourth-order valence-corrected chi connectivity index (χ4v) is 4.01. The molecule has 0 spiro atoms. The Morgan fingerprint density at radius 1 is 1.32 bits per heavy atom. The molecule has 0 aromatic carbocycles. The van der Waals surface area contributed by atoms with E-state index in [9.17, 15) is 4.79 Å². The van der Waals surface area contributed by atoms with Crippen LogP contribution >= 0.6 is 0 Å². The van der Waals surface area contributed by atoms with Crippen molar-refractivity contribution in [2.24, 2.45) is 23.2 Å². The van der Waals surface area contributed by atoms with Crippen LogP contribution in [-0.4, -0.2) is 25.5 Å². The largest absolute Gasteiger partial charge is 0.355 e. The molecule has 1 aliphatic heterocycles. The van der Waals surface area contributed by atoms with E-state index in [1.165, 1.54) is 32.1 Å². The van der Waals surface area contributed by atoms with Crippen LogP contribution in [0.15, 0.2) is 0 Å². The zero-order valence-electron chi connectivity index (χ0n) is 12.8. The van der Waals surface area contributed by atoms with Crippen molar-refractivity contribution in [3.63, 3.8) is 0 Å². The first-order valence-electron chi connectivity index (χ1n) is 8.01. The molecule has 2 rings (SSSR count). The molecule has 2 fully saturated rings. The van der Waals surface area contributed by atoms with E-state index in [1.54, 1.807) is 0 Å². The average Bonchev–Trinajstić information content (AvgIpc) is 2.95. The Hall–Kier alpha value is -0.570. The third-order valence-corrected chi connectivity index (χ3v) is 5.00. The summed E-state index contributed by atoms with van der Waals surface area (Å²) in [6.07, 6.45) is 6.52. The van der Waals surface area contributed by atoms with Crippen LogP contribution in [0.5, 0.6) is 0 Å². The molecule has 0 radical (unpaired) electrons. The summed E-state index contributed by atoms with van der Waals surface area (Å²) in [4.78, 5) is 12.3. The molecule has 3 heteroatoms. The second kappa shape index (κ2) is 6.25. The lowest BCUT2D eigenvalue weighted by Crippen LogP contribution is -2.41. The molecule has 1 saturated heterocycles. The molecular formula is C16H30N2O. The highest BCUT2D eigenvalue weighted by Crippen LogP contribution is 2.42. The Morgan fingerprint density at radius 2 is 2.00 bits per heavy atom. The maximum absolute atomic E-state index is 12.3. The summed E-state index contributed by atoms with van der Waals surface area (Å²) in [6, 6.07) is 0. The van der Waals surface area contributed by atoms with Crippen LogP contribution in [0, 0.1) is 23.2 Å². The first-order valence-corrected chi connectivity index (χ1v) is 8.01. The highest BCUT2D eigenvalue weighted by atomic mass is 16.1. The Bertz CT molecular complexity index is 308. The fourth-order valence-electron chi connectivity index (χ4n) is 4.01. The number of carbonyl (C=O) groups excluding carboxylic acids is 1. The van der Waals surface area contributed by atoms with Crippen molar-refractivity contribution in [3.05, 3.63) is 0 Å². The third kappa shape index (κ3) is 3.71. The van der Waals surface area contributed by atoms with Gasteiger partial charge in [-0.25, -0.2) is 0 Å². The lowest BCUT2D eigenvalue weighted by Gasteiger charge is -2.32. The first-order chi connectivity index (χ1) is 9.02. The summed E-state index contributed by atoms with van der Waals surface area (Å²) in [5, 5.41) is 6.58. The van der Waals surface area contributed by atoms with Gasteiger partial charge in [0.2, 0.25) is 5.91 Å². The molecule has 110 valence electrons. The van der Waals surface area contributed by atoms with Crippen molar-refractivity contribution < 1.29 is 4.79 Å². The van der Waals surface area contributed by atoms with Crippen LogP contribution in [0.25, 0.3) is 0 Å². The maximum atomic E-state index is 12.3. The summed E-state index contributed by atoms with van der Waals surface area (Å²) in [6.45, 7) is 9.49. The van der Waals surface area contributed by atoms with Crippen molar-refractivity contribution in [2.45, 2.75) is 52.9 Å². The van der Waals surface area contributed by atoms with Crippen LogP contribution in [0.3, 0.4) is 0 Å². The Morgan fingerprint density at radius 3 is 2.53 bits per heavy atom. The molecule has 2 atom stereocenters. The van der Waals surface area contributed by atoms with Gasteiger partial charge in [-0.05, 0) is 43.1 Å². The van der Waals surface area contributed by atoms with Crippen molar-refractivity contribution in [3.8, 4) is 0 Å². The van der Waals surface area contributed by atoms with Gasteiger partial charge in [0.1, 0.15) is 0 Å². The van der Waals surface area contributed by atoms with Crippen LogP contribution in [0.4, 0.5) is 0 Å². The summed E-state index contributed by atoms with van der Waals surface area (Å²) in [5.74, 6) is 1.65. The molecule has 2 aliphatic rings. The number of nitrogens with one attached hydrogen (secondary N) is 2. The smallest absolute Gasteiger partial charge is 0.224 e. The third-order valence-electron chi connectivity index (χ3n) is 5.00. The Kier molecular flexibility index (Phi) is 4.88. The molecule has 1 saturated carbocycles. The number of hydrogen-bond acceptors (Lipinski definition) is 2. The van der Waals surface area contributed by atoms with Gasteiger partial charge in [0.05, 0.1) is 5.92 Å². The number of amides is 1. The summed E-state index contributed by atoms with van der Waals surface area (Å²) in [5.41, 5.74) is 0.388. The Labute approximate surface area is 117 Å². The molecule has 1 amide bonds. The van der Waals surface area contributed by atoms with Crippen LogP contribution in [0.1, 0.15) is 52.9 Å². The van der Waals surface area contributed by atoms with Gasteiger partial charge < -0.3 is 10.6 Å². The minimum atomic E-state index is 0.178. The molecule has 2 unspecified atom stereocenters. The molecule has 2 N–H and O–H groups in total. The van der Waals surface area contributed by atoms with Gasteiger partial charge in [-0.1, -0.05) is 33.6 Å². The number of rotatable bonds is 5. The predicted octanol–water partition coefficient (Wildman–Crippen LogP) is 2.56. The van der Waals surface area contributed by atoms with Crippen molar-refractivity contribution in [1.82, 2.24) is 10.6 Å². The van der Waals surface area contributed by atoms with Crippen molar-refractivity contribution in [1.29, 1.82) is 0 Å². The van der Waals surface area contributed by atoms with E-state index in [4.69, 9.17) is 0 Å². The van der Waals surface area contributed by atoms with Gasteiger partial charge in [-0.3, -0.25) is 4.79 Å². The van der Waals surface area contributed by atoms with E-state index in [-0.39, 0.29) is 11.8 Å². The maximum Gasteiger partial charge on any atom is 0.224 e. The van der Waals surface area contributed by atoms with E-state index in [0.717, 1.165) is 25.6 Å². The highest BCUT2D eigenvalue weighted by Gasteiger charge is 2.36. The minimum Gasteiger partial charge on any atom is -0.355 e. The minimum absolute atomic E-state index is 0.178. The lowest BCUT2D eigenvalue weighted by molar-refractivity contribution is -0.126. The molecule has 3 nitrogen and oxygen atoms in total. The Balaban J connectivity index is 1.86. The second-order valence-corrected chi connectivity index (χ2v) is 7.26. The fraction of sp³-hybridized carbons (Fsp3) is 0.938. The SMILES string of the molecule is CC(C)CC1(CNC(=O)C2CNCC2C)CCCC1. The number of carbonyl (C=O) groups is 1. The zero-order valence-corrected chi connectivity index (χ0v) is 12.8. The standard InChI is InChI=1S/C16H30N2O/c1-12(2)8-16(6-4-5-7-16)11-18-15(19)14-10-17-9-13(14)3/h12-14,17H,4-11H2,1-3H3,(H,18,19). The van der Waals surface area contributed by atoms with Gasteiger partial charge in [-0.2, -0.15) is 0 Å². The molecule has 0 aromatic rings. The summed E-state index contributed by atoms with van der Waals surface area (Å²) >= 11 is 0. The monoisotopic (exact) mass is 266 g/mol. The predicted molar refractivity (Wildman–Crippen MR) is 78.9 cm³/mol. The van der Waals surface area contributed by atoms with Crippen LogP contribution in [-0.2, 0) is 4.79 Å². The van der Waals surface area contributed by atoms with E-state index < -0.39 is 0 Å². The zero-order chi connectivity index (χ0) is 13.9. The topological polar surface area (TPSA) is 41.1 Å². The van der Waals surface area contributed by atoms with Gasteiger partial charge in [0.25, 0.3) is 0 Å². The van der Waals surface area contributed by atoms with E-state index in [2.05, 4.69) is 31.4 Å². The molecule has 19 heavy (non-hydrogen) atoms. The number of hydrogen-bond donors (Lipinski definition) is 2. The molecule has 1 aliphatic carbocycles. The normalized spacial score (nSPS) is 29.9. The van der Waals surface area contributed by atoms with Gasteiger partial charge in [-0.15, -0.1) is 0 Å². The van der Waals surface area contributed by atoms with E-state index in [0.29, 0.717) is 11.3 Å². The molecule has 0 bridgehead atoms. The average molecular weight is 266 g/mol. The van der Waals surface area contributed by atoms with Gasteiger partial charge in [0.15, 0.2) is 0 Å². The van der Waals surface area contributed by atoms with Crippen molar-refractivity contribution in [2.75, 3.05) is 19.6 Å². The molecular weight excluding hydrogens is 236 g/mol. The van der Waals surface area contributed by atoms with E-state index >= 15 is 0 Å². The quantitative estimate of drug-likeness (QED) is 0.803. The summed E-state index contributed by atoms with van der Waals surface area (Å²) < 4.78 is 0. The first kappa shape index (κ1) is 14.8. The molecule has 0 aromatic heterocycles. The van der Waals surface area contributed by atoms with E-state index in [1.807, 2.05) is 0 Å². The second-order valence-electron chi connectivity index (χ2n) is 7.26. The molecule has 1 heterocycles. The van der Waals surface area contributed by atoms with Crippen LogP contribution in [0.2, 0.25) is 0 Å². The van der Waals surface area contributed by atoms with Crippen molar-refractivity contribution >= 4 is 5.91 Å². The highest BCUT2D eigenvalue weighted by molar-refractivity contribution is 5.79.